The van der Waals surface area contributed by atoms with Crippen molar-refractivity contribution in [3.63, 3.8) is 0 Å². The summed E-state index contributed by atoms with van der Waals surface area (Å²) >= 11 is 2.05. The van der Waals surface area contributed by atoms with Crippen LogP contribution in [-0.2, 0) is 11.3 Å². The molecule has 1 heterocycles. The summed E-state index contributed by atoms with van der Waals surface area (Å²) in [5.74, 6) is 0.154. The van der Waals surface area contributed by atoms with Crippen molar-refractivity contribution in [2.45, 2.75) is 6.54 Å². The van der Waals surface area contributed by atoms with Crippen LogP contribution in [-0.4, -0.2) is 25.2 Å². The van der Waals surface area contributed by atoms with Crippen LogP contribution >= 0.6 is 22.6 Å². The van der Waals surface area contributed by atoms with E-state index in [1.165, 1.54) is 0 Å². The fourth-order valence-electron chi connectivity index (χ4n) is 1.24. The fourth-order valence-corrected chi connectivity index (χ4v) is 1.48. The zero-order valence-corrected chi connectivity index (χ0v) is 9.51. The van der Waals surface area contributed by atoms with Crippen LogP contribution in [0.1, 0.15) is 0 Å². The van der Waals surface area contributed by atoms with Crippen molar-refractivity contribution in [2.75, 3.05) is 4.43 Å². The Hall–Kier alpha value is -0.980. The molecule has 0 radical (unpaired) electrons. The summed E-state index contributed by atoms with van der Waals surface area (Å²) in [7, 11) is 0. The van der Waals surface area contributed by atoms with E-state index in [0.29, 0.717) is 11.0 Å². The first kappa shape index (κ1) is 9.57. The molecule has 0 atom stereocenters. The van der Waals surface area contributed by atoms with Crippen LogP contribution in [0, 0.1) is 0 Å². The van der Waals surface area contributed by atoms with E-state index < -0.39 is 0 Å². The summed E-state index contributed by atoms with van der Waals surface area (Å²) in [6.07, 6.45) is 0. The molecule has 1 aromatic carbocycles. The first-order valence-electron chi connectivity index (χ1n) is 4.17. The van der Waals surface area contributed by atoms with Crippen LogP contribution in [0.25, 0.3) is 11.0 Å². The summed E-state index contributed by atoms with van der Waals surface area (Å²) in [5, 5.41) is 7.89. The minimum Gasteiger partial charge on any atom is -0.297 e. The zero-order valence-electron chi connectivity index (χ0n) is 7.35. The van der Waals surface area contributed by atoms with Crippen molar-refractivity contribution in [3.8, 4) is 0 Å². The third-order valence-corrected chi connectivity index (χ3v) is 2.75. The molecule has 0 amide bonds. The Bertz CT molecular complexity index is 466. The van der Waals surface area contributed by atoms with E-state index in [-0.39, 0.29) is 5.78 Å². The average molecular weight is 301 g/mol. The first-order valence-corrected chi connectivity index (χ1v) is 5.69. The monoisotopic (exact) mass is 301 g/mol. The molecule has 4 nitrogen and oxygen atoms in total. The van der Waals surface area contributed by atoms with E-state index in [1.807, 2.05) is 24.3 Å². The number of halogens is 1. The lowest BCUT2D eigenvalue weighted by molar-refractivity contribution is -0.117. The molecule has 0 unspecified atom stereocenters. The number of fused-ring (bicyclic) bond motifs is 1. The molecule has 0 fully saturated rings. The average Bonchev–Trinajstić information content (AvgIpc) is 2.62. The van der Waals surface area contributed by atoms with Gasteiger partial charge in [0, 0.05) is 0 Å². The number of benzene rings is 1. The molecule has 0 N–H and O–H groups in total. The van der Waals surface area contributed by atoms with Gasteiger partial charge in [0.15, 0.2) is 5.78 Å². The second-order valence-corrected chi connectivity index (χ2v) is 3.67. The Labute approximate surface area is 94.4 Å². The Balaban J connectivity index is 2.38. The van der Waals surface area contributed by atoms with Crippen molar-refractivity contribution in [2.24, 2.45) is 0 Å². The number of carbonyl (C=O) groups is 1. The first-order chi connectivity index (χ1) is 6.81. The second kappa shape index (κ2) is 4.04. The third-order valence-electron chi connectivity index (χ3n) is 1.90. The number of Topliss-reactive ketones (excluding diaryl/α,β-unsaturated/α-hetero) is 1. The molecule has 0 aliphatic carbocycles. The molecule has 0 bridgehead atoms. The summed E-state index contributed by atoms with van der Waals surface area (Å²) < 4.78 is 2.14. The predicted octanol–water partition coefficient (Wildman–Crippen LogP) is 1.44. The van der Waals surface area contributed by atoms with Gasteiger partial charge < -0.3 is 0 Å². The number of alkyl halides is 1. The number of nitrogens with zero attached hydrogens (tertiary/aromatic N) is 3. The SMILES string of the molecule is O=C(CI)Cn1nnc2ccccc21. The van der Waals surface area contributed by atoms with Crippen molar-refractivity contribution in [1.29, 1.82) is 0 Å². The van der Waals surface area contributed by atoms with Gasteiger partial charge in [0.1, 0.15) is 12.1 Å². The van der Waals surface area contributed by atoms with Crippen LogP contribution in [0.2, 0.25) is 0 Å². The Morgan fingerprint density at radius 2 is 2.21 bits per heavy atom. The van der Waals surface area contributed by atoms with Crippen molar-refractivity contribution in [3.05, 3.63) is 24.3 Å². The van der Waals surface area contributed by atoms with E-state index in [4.69, 9.17) is 0 Å². The molecular weight excluding hydrogens is 293 g/mol. The van der Waals surface area contributed by atoms with Gasteiger partial charge in [-0.3, -0.25) is 4.79 Å². The number of para-hydroxylation sites is 1. The van der Waals surface area contributed by atoms with Gasteiger partial charge in [-0.1, -0.05) is 39.9 Å². The molecule has 0 saturated heterocycles. The molecular formula is C9H8IN3O. The largest absolute Gasteiger partial charge is 0.297 e. The predicted molar refractivity (Wildman–Crippen MR) is 61.4 cm³/mol. The van der Waals surface area contributed by atoms with Gasteiger partial charge in [-0.2, -0.15) is 0 Å². The van der Waals surface area contributed by atoms with Gasteiger partial charge in [0.25, 0.3) is 0 Å². The lowest BCUT2D eigenvalue weighted by Crippen LogP contribution is -2.11. The highest BCUT2D eigenvalue weighted by Gasteiger charge is 2.06. The van der Waals surface area contributed by atoms with E-state index in [9.17, 15) is 4.79 Å². The smallest absolute Gasteiger partial charge is 0.164 e. The minimum absolute atomic E-state index is 0.154. The normalized spacial score (nSPS) is 10.6. The van der Waals surface area contributed by atoms with Crippen LogP contribution in [0.15, 0.2) is 24.3 Å². The Morgan fingerprint density at radius 1 is 1.43 bits per heavy atom. The molecule has 72 valence electrons. The fraction of sp³-hybridized carbons (Fsp3) is 0.222. The molecule has 0 aliphatic rings. The lowest BCUT2D eigenvalue weighted by Gasteiger charge is -1.97. The summed E-state index contributed by atoms with van der Waals surface area (Å²) in [6.45, 7) is 0.309. The molecule has 2 rings (SSSR count). The van der Waals surface area contributed by atoms with Gasteiger partial charge in [-0.05, 0) is 12.1 Å². The van der Waals surface area contributed by atoms with Crippen molar-refractivity contribution in [1.82, 2.24) is 15.0 Å². The standard InChI is InChI=1S/C9H8IN3O/c10-5-7(14)6-13-9-4-2-1-3-8(9)11-12-13/h1-4H,5-6H2. The van der Waals surface area contributed by atoms with Crippen LogP contribution in [0.4, 0.5) is 0 Å². The van der Waals surface area contributed by atoms with Crippen molar-refractivity contribution < 1.29 is 4.79 Å². The Kier molecular flexibility index (Phi) is 2.76. The van der Waals surface area contributed by atoms with Gasteiger partial charge >= 0.3 is 0 Å². The van der Waals surface area contributed by atoms with Gasteiger partial charge in [-0.25, -0.2) is 4.68 Å². The van der Waals surface area contributed by atoms with Gasteiger partial charge in [-0.15, -0.1) is 5.10 Å². The molecule has 2 aromatic rings. The van der Waals surface area contributed by atoms with E-state index in [0.717, 1.165) is 11.0 Å². The molecule has 14 heavy (non-hydrogen) atoms. The maximum atomic E-state index is 11.2. The number of hydrogen-bond donors (Lipinski definition) is 0. The van der Waals surface area contributed by atoms with E-state index in [1.54, 1.807) is 4.68 Å². The van der Waals surface area contributed by atoms with Crippen LogP contribution < -0.4 is 0 Å². The number of hydrogen-bond acceptors (Lipinski definition) is 3. The number of aromatic nitrogens is 3. The Morgan fingerprint density at radius 3 is 3.00 bits per heavy atom. The van der Waals surface area contributed by atoms with E-state index >= 15 is 0 Å². The van der Waals surface area contributed by atoms with Crippen LogP contribution in [0.3, 0.4) is 0 Å². The van der Waals surface area contributed by atoms with E-state index in [2.05, 4.69) is 32.9 Å². The second-order valence-electron chi connectivity index (χ2n) is 2.91. The third kappa shape index (κ3) is 1.77. The minimum atomic E-state index is 0.154. The molecule has 5 heteroatoms. The zero-order chi connectivity index (χ0) is 9.97. The van der Waals surface area contributed by atoms with Gasteiger partial charge in [0.2, 0.25) is 0 Å². The quantitative estimate of drug-likeness (QED) is 0.636. The summed E-state index contributed by atoms with van der Waals surface area (Å²) in [6, 6.07) is 7.61. The maximum Gasteiger partial charge on any atom is 0.164 e. The highest BCUT2D eigenvalue weighted by Crippen LogP contribution is 2.09. The van der Waals surface area contributed by atoms with Gasteiger partial charge in [0.05, 0.1) is 9.94 Å². The lowest BCUT2D eigenvalue weighted by atomic mass is 10.3. The summed E-state index contributed by atoms with van der Waals surface area (Å²) in [5.41, 5.74) is 1.74. The van der Waals surface area contributed by atoms with Crippen LogP contribution in [0.5, 0.6) is 0 Å². The van der Waals surface area contributed by atoms with Crippen molar-refractivity contribution >= 4 is 39.4 Å². The number of carbonyl (C=O) groups excluding carboxylic acids is 1. The molecule has 0 spiro atoms. The highest BCUT2D eigenvalue weighted by atomic mass is 127. The topological polar surface area (TPSA) is 47.8 Å². The molecule has 0 saturated carbocycles. The summed E-state index contributed by atoms with van der Waals surface area (Å²) in [4.78, 5) is 11.2. The number of rotatable bonds is 3. The number of ketones is 1. The molecule has 0 aliphatic heterocycles. The maximum absolute atomic E-state index is 11.2. The molecule has 1 aromatic heterocycles. The highest BCUT2D eigenvalue weighted by molar-refractivity contribution is 14.1.